The molecule has 0 aliphatic carbocycles. The van der Waals surface area contributed by atoms with Crippen molar-refractivity contribution < 1.29 is 4.79 Å². The highest BCUT2D eigenvalue weighted by Crippen LogP contribution is 1.93. The van der Waals surface area contributed by atoms with Crippen LogP contribution in [0.25, 0.3) is 0 Å². The molecule has 3 heteroatoms. The summed E-state index contributed by atoms with van der Waals surface area (Å²) < 4.78 is 0. The summed E-state index contributed by atoms with van der Waals surface area (Å²) in [5.41, 5.74) is 5.96. The lowest BCUT2D eigenvalue weighted by Crippen LogP contribution is -2.06. The lowest BCUT2D eigenvalue weighted by molar-refractivity contribution is -0.113. The molecule has 1 amide bonds. The molecule has 0 aliphatic heterocycles. The zero-order valence-electron chi connectivity index (χ0n) is 5.27. The molecule has 0 heterocycles. The van der Waals surface area contributed by atoms with E-state index in [-0.39, 0.29) is 5.91 Å². The fourth-order valence-corrected chi connectivity index (χ4v) is 0.549. The number of allylic oxidation sites excluding steroid dienone is 1. The van der Waals surface area contributed by atoms with Crippen molar-refractivity contribution in [2.45, 2.75) is 13.0 Å². The van der Waals surface area contributed by atoms with Gasteiger partial charge >= 0.3 is 0 Å². The van der Waals surface area contributed by atoms with Crippen molar-refractivity contribution in [3.63, 3.8) is 0 Å². The van der Waals surface area contributed by atoms with Gasteiger partial charge in [0.1, 0.15) is 0 Å². The van der Waals surface area contributed by atoms with Crippen molar-refractivity contribution in [2.24, 2.45) is 5.73 Å². The number of hydrogen-bond acceptors (Lipinski definition) is 1. The lowest BCUT2D eigenvalue weighted by atomic mass is 10.3. The Balaban J connectivity index is 3.75. The predicted octanol–water partition coefficient (Wildman–Crippen LogP) is -0.798. The molecule has 2 nitrogen and oxygen atoms in total. The molecule has 0 radical (unpaired) electrons. The van der Waals surface area contributed by atoms with Crippen molar-refractivity contribution in [2.75, 3.05) is 0 Å². The number of hydrogen-bond donors (Lipinski definition) is 1. The maximum absolute atomic E-state index is 10.1. The summed E-state index contributed by atoms with van der Waals surface area (Å²) in [6, 6.07) is 1.03. The van der Waals surface area contributed by atoms with Gasteiger partial charge in [0.2, 0.25) is 5.91 Å². The maximum atomic E-state index is 10.1. The van der Waals surface area contributed by atoms with Crippen LogP contribution in [0.1, 0.15) is 6.92 Å². The first-order valence-electron chi connectivity index (χ1n) is 2.63. The standard InChI is InChI=1S/C5H11NOSi/c1-4(3-8)2-5(6)7/h2H,3H2,1,8H3,(H2,6,7). The Kier molecular flexibility index (Phi) is 3.19. The summed E-state index contributed by atoms with van der Waals surface area (Å²) in [6.45, 7) is 1.91. The SMILES string of the molecule is CC(=CC(N)=O)C[SiH3]. The van der Waals surface area contributed by atoms with Gasteiger partial charge in [-0.2, -0.15) is 0 Å². The van der Waals surface area contributed by atoms with Crippen LogP contribution in [0.2, 0.25) is 6.04 Å². The van der Waals surface area contributed by atoms with E-state index in [0.29, 0.717) is 0 Å². The highest BCUT2D eigenvalue weighted by atomic mass is 28.1. The highest BCUT2D eigenvalue weighted by Gasteiger charge is 1.85. The van der Waals surface area contributed by atoms with Gasteiger partial charge in [0.25, 0.3) is 0 Å². The fraction of sp³-hybridized carbons (Fsp3) is 0.400. The molecule has 0 unspecified atom stereocenters. The highest BCUT2D eigenvalue weighted by molar-refractivity contribution is 6.10. The molecule has 0 spiro atoms. The van der Waals surface area contributed by atoms with Crippen LogP contribution in [0.3, 0.4) is 0 Å². The minimum absolute atomic E-state index is 0.335. The third-order valence-corrected chi connectivity index (χ3v) is 2.06. The molecule has 46 valence electrons. The second-order valence-electron chi connectivity index (χ2n) is 1.75. The molecule has 8 heavy (non-hydrogen) atoms. The van der Waals surface area contributed by atoms with Crippen LogP contribution >= 0.6 is 0 Å². The molecular weight excluding hydrogens is 118 g/mol. The van der Waals surface area contributed by atoms with Crippen molar-refractivity contribution in [3.8, 4) is 0 Å². The Morgan fingerprint density at radius 1 is 1.88 bits per heavy atom. The van der Waals surface area contributed by atoms with Gasteiger partial charge < -0.3 is 5.73 Å². The van der Waals surface area contributed by atoms with Crippen LogP contribution < -0.4 is 5.73 Å². The molecule has 0 saturated heterocycles. The minimum atomic E-state index is -0.335. The van der Waals surface area contributed by atoms with Gasteiger partial charge in [0, 0.05) is 16.3 Å². The Morgan fingerprint density at radius 3 is 2.50 bits per heavy atom. The molecule has 0 aromatic rings. The molecule has 2 N–H and O–H groups in total. The van der Waals surface area contributed by atoms with E-state index in [9.17, 15) is 4.79 Å². The van der Waals surface area contributed by atoms with E-state index in [1.54, 1.807) is 0 Å². The van der Waals surface area contributed by atoms with Crippen LogP contribution in [-0.2, 0) is 4.79 Å². The fourth-order valence-electron chi connectivity index (χ4n) is 0.345. The first-order chi connectivity index (χ1) is 3.66. The zero-order valence-corrected chi connectivity index (χ0v) is 7.27. The second-order valence-corrected chi connectivity index (χ2v) is 2.45. The monoisotopic (exact) mass is 129 g/mol. The topological polar surface area (TPSA) is 43.1 Å². The van der Waals surface area contributed by atoms with Crippen LogP contribution in [0.5, 0.6) is 0 Å². The van der Waals surface area contributed by atoms with Crippen molar-refractivity contribution in [1.82, 2.24) is 0 Å². The summed E-state index contributed by atoms with van der Waals surface area (Å²) in [4.78, 5) is 10.1. The van der Waals surface area contributed by atoms with E-state index in [2.05, 4.69) is 0 Å². The average molecular weight is 129 g/mol. The summed E-state index contributed by atoms with van der Waals surface area (Å²) in [6.07, 6.45) is 1.48. The number of rotatable bonds is 2. The summed E-state index contributed by atoms with van der Waals surface area (Å²) >= 11 is 0. The molecule has 0 aromatic heterocycles. The first kappa shape index (κ1) is 7.43. The number of carbonyl (C=O) groups excluding carboxylic acids is 1. The van der Waals surface area contributed by atoms with E-state index in [4.69, 9.17) is 5.73 Å². The van der Waals surface area contributed by atoms with Crippen LogP contribution in [0, 0.1) is 0 Å². The van der Waals surface area contributed by atoms with E-state index in [1.807, 2.05) is 6.92 Å². The van der Waals surface area contributed by atoms with Gasteiger partial charge in [-0.05, 0) is 13.0 Å². The molecule has 0 aromatic carbocycles. The van der Waals surface area contributed by atoms with Crippen LogP contribution in [0.15, 0.2) is 11.6 Å². The number of carbonyl (C=O) groups is 1. The van der Waals surface area contributed by atoms with E-state index < -0.39 is 0 Å². The molecule has 0 atom stereocenters. The Bertz CT molecular complexity index is 120. The van der Waals surface area contributed by atoms with Gasteiger partial charge in [0.05, 0.1) is 0 Å². The molecule has 0 bridgehead atoms. The molecule has 0 saturated carbocycles. The van der Waals surface area contributed by atoms with E-state index in [1.165, 1.54) is 6.08 Å². The van der Waals surface area contributed by atoms with Gasteiger partial charge in [0.15, 0.2) is 0 Å². The van der Waals surface area contributed by atoms with Crippen LogP contribution in [0.4, 0.5) is 0 Å². The molecule has 0 aliphatic rings. The third kappa shape index (κ3) is 3.61. The summed E-state index contributed by atoms with van der Waals surface area (Å²) in [5, 5.41) is 0. The number of amides is 1. The first-order valence-corrected chi connectivity index (χ1v) is 4.05. The van der Waals surface area contributed by atoms with Gasteiger partial charge in [-0.1, -0.05) is 5.57 Å². The van der Waals surface area contributed by atoms with Crippen molar-refractivity contribution >= 4 is 16.1 Å². The van der Waals surface area contributed by atoms with E-state index >= 15 is 0 Å². The molecule has 0 fully saturated rings. The average Bonchev–Trinajstić information content (AvgIpc) is 1.65. The second kappa shape index (κ2) is 3.43. The van der Waals surface area contributed by atoms with Gasteiger partial charge in [-0.25, -0.2) is 0 Å². The largest absolute Gasteiger partial charge is 0.366 e. The normalized spacial score (nSPS) is 11.9. The quantitative estimate of drug-likeness (QED) is 0.385. The Hall–Kier alpha value is -0.573. The Labute approximate surface area is 52.2 Å². The smallest absolute Gasteiger partial charge is 0.241 e. The van der Waals surface area contributed by atoms with Crippen molar-refractivity contribution in [1.29, 1.82) is 0 Å². The minimum Gasteiger partial charge on any atom is -0.366 e. The Morgan fingerprint density at radius 2 is 2.38 bits per heavy atom. The van der Waals surface area contributed by atoms with E-state index in [0.717, 1.165) is 21.9 Å². The summed E-state index contributed by atoms with van der Waals surface area (Å²) in [7, 11) is 1.10. The van der Waals surface area contributed by atoms with Gasteiger partial charge in [-0.15, -0.1) is 0 Å². The molecular formula is C5H11NOSi. The maximum Gasteiger partial charge on any atom is 0.241 e. The summed E-state index contributed by atoms with van der Waals surface area (Å²) in [5.74, 6) is -0.335. The third-order valence-electron chi connectivity index (χ3n) is 0.946. The predicted molar refractivity (Wildman–Crippen MR) is 37.7 cm³/mol. The number of nitrogens with two attached hydrogens (primary N) is 1. The van der Waals surface area contributed by atoms with Crippen LogP contribution in [-0.4, -0.2) is 16.1 Å². The molecule has 0 rings (SSSR count). The van der Waals surface area contributed by atoms with Crippen molar-refractivity contribution in [3.05, 3.63) is 11.6 Å². The number of primary amides is 1. The lowest BCUT2D eigenvalue weighted by Gasteiger charge is -1.88. The van der Waals surface area contributed by atoms with Gasteiger partial charge in [-0.3, -0.25) is 4.79 Å². The zero-order chi connectivity index (χ0) is 6.57.